The number of ether oxygens (including phenoxy) is 1. The molecule has 1 heterocycles. The number of amides is 1. The quantitative estimate of drug-likeness (QED) is 0.559. The smallest absolute Gasteiger partial charge is 0.230 e. The molecule has 0 aliphatic heterocycles. The van der Waals surface area contributed by atoms with Gasteiger partial charge in [-0.3, -0.25) is 9.78 Å². The number of benzene rings is 2. The Morgan fingerprint density at radius 2 is 1.97 bits per heavy atom. The van der Waals surface area contributed by atoms with E-state index in [4.69, 9.17) is 4.74 Å². The van der Waals surface area contributed by atoms with Crippen molar-refractivity contribution in [2.24, 2.45) is 0 Å². The molecule has 4 rings (SSSR count). The summed E-state index contributed by atoms with van der Waals surface area (Å²) in [7, 11) is 0. The summed E-state index contributed by atoms with van der Waals surface area (Å²) in [6, 6.07) is 20.1. The summed E-state index contributed by atoms with van der Waals surface area (Å²) in [5.74, 6) is 1.24. The molecule has 1 aliphatic rings. The van der Waals surface area contributed by atoms with Crippen LogP contribution in [0.2, 0.25) is 0 Å². The summed E-state index contributed by atoms with van der Waals surface area (Å²) in [6.45, 7) is 0.915. The minimum Gasteiger partial charge on any atom is -0.487 e. The summed E-state index contributed by atoms with van der Waals surface area (Å²) in [4.78, 5) is 17.7. The molecule has 1 aromatic heterocycles. The maximum Gasteiger partial charge on any atom is 0.230 e. The van der Waals surface area contributed by atoms with Gasteiger partial charge in [0.25, 0.3) is 0 Å². The van der Waals surface area contributed by atoms with Gasteiger partial charge >= 0.3 is 0 Å². The summed E-state index contributed by atoms with van der Waals surface area (Å²) >= 11 is 1.59. The predicted molar refractivity (Wildman–Crippen MR) is 116 cm³/mol. The first-order valence-corrected chi connectivity index (χ1v) is 10.9. The SMILES string of the molecule is O=C(CSc1ccc2c(c1)CCC2)NCc1cccc(OCc2ccccn2)c1. The lowest BCUT2D eigenvalue weighted by atomic mass is 10.1. The van der Waals surface area contributed by atoms with Gasteiger partial charge in [0, 0.05) is 17.6 Å². The van der Waals surface area contributed by atoms with Crippen molar-refractivity contribution in [3.8, 4) is 5.75 Å². The number of aryl methyl sites for hydroxylation is 2. The van der Waals surface area contributed by atoms with Crippen molar-refractivity contribution in [2.45, 2.75) is 37.3 Å². The number of hydrogen-bond donors (Lipinski definition) is 1. The fourth-order valence-corrected chi connectivity index (χ4v) is 4.21. The van der Waals surface area contributed by atoms with E-state index >= 15 is 0 Å². The summed E-state index contributed by atoms with van der Waals surface area (Å²) in [5.41, 5.74) is 4.80. The number of nitrogens with zero attached hydrogens (tertiary/aromatic N) is 1. The number of rotatable bonds is 8. The first-order chi connectivity index (χ1) is 14.3. The summed E-state index contributed by atoms with van der Waals surface area (Å²) in [5, 5.41) is 2.99. The van der Waals surface area contributed by atoms with Crippen LogP contribution in [0.3, 0.4) is 0 Å². The number of thioether (sulfide) groups is 1. The Morgan fingerprint density at radius 3 is 2.86 bits per heavy atom. The summed E-state index contributed by atoms with van der Waals surface area (Å²) in [6.07, 6.45) is 5.35. The zero-order valence-corrected chi connectivity index (χ0v) is 17.1. The van der Waals surface area contributed by atoms with Crippen LogP contribution in [-0.4, -0.2) is 16.6 Å². The number of hydrogen-bond acceptors (Lipinski definition) is 4. The Labute approximate surface area is 175 Å². The number of aromatic nitrogens is 1. The third-order valence-electron chi connectivity index (χ3n) is 4.94. The molecule has 0 radical (unpaired) electrons. The fourth-order valence-electron chi connectivity index (χ4n) is 3.42. The van der Waals surface area contributed by atoms with Crippen LogP contribution in [0.25, 0.3) is 0 Å². The van der Waals surface area contributed by atoms with Crippen molar-refractivity contribution in [1.82, 2.24) is 10.3 Å². The molecule has 29 heavy (non-hydrogen) atoms. The van der Waals surface area contributed by atoms with E-state index in [2.05, 4.69) is 28.5 Å². The van der Waals surface area contributed by atoms with Gasteiger partial charge in [-0.1, -0.05) is 24.3 Å². The van der Waals surface area contributed by atoms with E-state index in [0.29, 0.717) is 18.9 Å². The van der Waals surface area contributed by atoms with Gasteiger partial charge in [-0.25, -0.2) is 0 Å². The van der Waals surface area contributed by atoms with Crippen LogP contribution in [-0.2, 0) is 30.8 Å². The van der Waals surface area contributed by atoms with Crippen molar-refractivity contribution >= 4 is 17.7 Å². The molecule has 1 amide bonds. The van der Waals surface area contributed by atoms with E-state index in [9.17, 15) is 4.79 Å². The molecule has 2 aromatic carbocycles. The van der Waals surface area contributed by atoms with Gasteiger partial charge in [-0.2, -0.15) is 0 Å². The third kappa shape index (κ3) is 5.61. The van der Waals surface area contributed by atoms with Gasteiger partial charge in [0.1, 0.15) is 12.4 Å². The van der Waals surface area contributed by atoms with E-state index in [1.165, 1.54) is 28.9 Å². The second-order valence-electron chi connectivity index (χ2n) is 7.11. The normalized spacial score (nSPS) is 12.4. The van der Waals surface area contributed by atoms with E-state index < -0.39 is 0 Å². The molecule has 0 fully saturated rings. The summed E-state index contributed by atoms with van der Waals surface area (Å²) < 4.78 is 5.80. The van der Waals surface area contributed by atoms with Gasteiger partial charge in [0.15, 0.2) is 0 Å². The highest BCUT2D eigenvalue weighted by Crippen LogP contribution is 2.27. The third-order valence-corrected chi connectivity index (χ3v) is 5.93. The maximum atomic E-state index is 12.2. The molecule has 5 heteroatoms. The van der Waals surface area contributed by atoms with Crippen LogP contribution in [0.1, 0.15) is 28.8 Å². The average molecular weight is 405 g/mol. The largest absolute Gasteiger partial charge is 0.487 e. The van der Waals surface area contributed by atoms with E-state index in [0.717, 1.165) is 23.4 Å². The molecule has 0 unspecified atom stereocenters. The Bertz CT molecular complexity index is 976. The van der Waals surface area contributed by atoms with Crippen LogP contribution in [0.15, 0.2) is 71.8 Å². The second kappa shape index (κ2) is 9.61. The van der Waals surface area contributed by atoms with Crippen molar-refractivity contribution < 1.29 is 9.53 Å². The number of nitrogens with one attached hydrogen (secondary N) is 1. The van der Waals surface area contributed by atoms with Crippen LogP contribution in [0.5, 0.6) is 5.75 Å². The zero-order chi connectivity index (χ0) is 19.9. The minimum atomic E-state index is 0.0373. The van der Waals surface area contributed by atoms with Gasteiger partial charge in [-0.05, 0) is 72.4 Å². The van der Waals surface area contributed by atoms with Crippen molar-refractivity contribution in [1.29, 1.82) is 0 Å². The second-order valence-corrected chi connectivity index (χ2v) is 8.16. The molecule has 1 aliphatic carbocycles. The number of pyridine rings is 1. The average Bonchev–Trinajstić information content (AvgIpc) is 3.24. The standard InChI is InChI=1S/C24H24N2O2S/c27-24(17-29-23-11-10-19-6-4-7-20(19)14-23)26-15-18-5-3-9-22(13-18)28-16-21-8-1-2-12-25-21/h1-3,5,8-14H,4,6-7,15-17H2,(H,26,27). The Hall–Kier alpha value is -2.79. The van der Waals surface area contributed by atoms with E-state index in [1.807, 2.05) is 42.5 Å². The zero-order valence-electron chi connectivity index (χ0n) is 16.3. The first kappa shape index (κ1) is 19.5. The molecule has 0 bridgehead atoms. The van der Waals surface area contributed by atoms with E-state index in [1.54, 1.807) is 18.0 Å². The number of carbonyl (C=O) groups is 1. The molecule has 1 N–H and O–H groups in total. The number of fused-ring (bicyclic) bond motifs is 1. The van der Waals surface area contributed by atoms with Gasteiger partial charge in [0.2, 0.25) is 5.91 Å². The van der Waals surface area contributed by atoms with Gasteiger partial charge < -0.3 is 10.1 Å². The lowest BCUT2D eigenvalue weighted by molar-refractivity contribution is -0.118. The fraction of sp³-hybridized carbons (Fsp3) is 0.250. The Balaban J connectivity index is 1.23. The van der Waals surface area contributed by atoms with Crippen LogP contribution in [0, 0.1) is 0 Å². The molecular weight excluding hydrogens is 380 g/mol. The Kier molecular flexibility index (Phi) is 6.47. The minimum absolute atomic E-state index is 0.0373. The molecule has 0 atom stereocenters. The molecule has 0 spiro atoms. The van der Waals surface area contributed by atoms with Crippen molar-refractivity contribution in [3.63, 3.8) is 0 Å². The molecule has 3 aromatic rings. The molecule has 4 nitrogen and oxygen atoms in total. The molecule has 0 saturated carbocycles. The number of carbonyl (C=O) groups excluding carboxylic acids is 1. The molecule has 148 valence electrons. The van der Waals surface area contributed by atoms with Gasteiger partial charge in [-0.15, -0.1) is 11.8 Å². The molecular formula is C24H24N2O2S. The van der Waals surface area contributed by atoms with Crippen LogP contribution >= 0.6 is 11.8 Å². The Morgan fingerprint density at radius 1 is 1.03 bits per heavy atom. The first-order valence-electron chi connectivity index (χ1n) is 9.89. The van der Waals surface area contributed by atoms with Crippen molar-refractivity contribution in [3.05, 3.63) is 89.2 Å². The topological polar surface area (TPSA) is 51.2 Å². The van der Waals surface area contributed by atoms with Crippen LogP contribution in [0.4, 0.5) is 0 Å². The lowest BCUT2D eigenvalue weighted by Gasteiger charge is -2.09. The highest BCUT2D eigenvalue weighted by Gasteiger charge is 2.11. The lowest BCUT2D eigenvalue weighted by Crippen LogP contribution is -2.24. The monoisotopic (exact) mass is 404 g/mol. The highest BCUT2D eigenvalue weighted by atomic mass is 32.2. The predicted octanol–water partition coefficient (Wildman–Crippen LogP) is 4.56. The highest BCUT2D eigenvalue weighted by molar-refractivity contribution is 8.00. The van der Waals surface area contributed by atoms with E-state index in [-0.39, 0.29) is 5.91 Å². The van der Waals surface area contributed by atoms with Crippen LogP contribution < -0.4 is 10.1 Å². The molecule has 0 saturated heterocycles. The maximum absolute atomic E-state index is 12.2. The van der Waals surface area contributed by atoms with Crippen molar-refractivity contribution in [2.75, 3.05) is 5.75 Å². The van der Waals surface area contributed by atoms with Gasteiger partial charge in [0.05, 0.1) is 11.4 Å².